The van der Waals surface area contributed by atoms with Crippen molar-refractivity contribution >= 4 is 0 Å². The van der Waals surface area contributed by atoms with E-state index in [2.05, 4.69) is 19.4 Å². The van der Waals surface area contributed by atoms with Crippen LogP contribution in [0.4, 0.5) is 0 Å². The molecule has 5 nitrogen and oxygen atoms in total. The summed E-state index contributed by atoms with van der Waals surface area (Å²) in [5.74, 6) is 0.229. The average Bonchev–Trinajstić information content (AvgIpc) is 2.34. The van der Waals surface area contributed by atoms with Gasteiger partial charge < -0.3 is 9.84 Å². The lowest BCUT2D eigenvalue weighted by Gasteiger charge is -1.82. The number of aromatic nitrogens is 2. The molecule has 0 unspecified atom stereocenters. The summed E-state index contributed by atoms with van der Waals surface area (Å²) in [6, 6.07) is 0. The second-order valence-electron chi connectivity index (χ2n) is 1.34. The molecule has 1 rings (SSSR count). The van der Waals surface area contributed by atoms with Crippen LogP contribution in [-0.2, 0) is 6.61 Å². The normalized spacial score (nSPS) is 9.56. The summed E-state index contributed by atoms with van der Waals surface area (Å²) in [5.41, 5.74) is 0. The van der Waals surface area contributed by atoms with Crippen LogP contribution in [0.3, 0.4) is 0 Å². The van der Waals surface area contributed by atoms with Crippen LogP contribution in [-0.4, -0.2) is 22.4 Å². The fraction of sp³-hybridized carbons (Fsp3) is 0.500. The van der Waals surface area contributed by atoms with Gasteiger partial charge in [-0.25, -0.2) is 0 Å². The quantitative estimate of drug-likeness (QED) is 0.588. The number of rotatable bonds is 2. The van der Waals surface area contributed by atoms with E-state index in [9.17, 15) is 0 Å². The van der Waals surface area contributed by atoms with Crippen LogP contribution in [0.1, 0.15) is 5.82 Å². The second-order valence-corrected chi connectivity index (χ2v) is 1.34. The lowest BCUT2D eigenvalue weighted by molar-refractivity contribution is 0.242. The molecule has 0 atom stereocenters. The van der Waals surface area contributed by atoms with E-state index in [1.165, 1.54) is 7.11 Å². The van der Waals surface area contributed by atoms with E-state index in [0.717, 1.165) is 0 Å². The first-order valence-corrected chi connectivity index (χ1v) is 2.34. The second kappa shape index (κ2) is 2.45. The average molecular weight is 130 g/mol. The Bertz CT molecular complexity index is 167. The number of ether oxygens (including phenoxy) is 1. The van der Waals surface area contributed by atoms with Crippen LogP contribution in [0.2, 0.25) is 0 Å². The Morgan fingerprint density at radius 3 is 2.89 bits per heavy atom. The van der Waals surface area contributed by atoms with E-state index < -0.39 is 0 Å². The van der Waals surface area contributed by atoms with Gasteiger partial charge in [-0.15, -0.1) is 0 Å². The summed E-state index contributed by atoms with van der Waals surface area (Å²) in [6.07, 6.45) is 0.0686. The Hall–Kier alpha value is -1.10. The maximum absolute atomic E-state index is 8.41. The van der Waals surface area contributed by atoms with Gasteiger partial charge in [-0.2, -0.15) is 4.98 Å². The molecule has 0 aliphatic rings. The predicted molar refractivity (Wildman–Crippen MR) is 26.8 cm³/mol. The molecule has 0 spiro atoms. The molecule has 1 aromatic heterocycles. The Morgan fingerprint density at radius 1 is 1.78 bits per heavy atom. The van der Waals surface area contributed by atoms with E-state index in [1.807, 2.05) is 0 Å². The summed E-state index contributed by atoms with van der Waals surface area (Å²) in [7, 11) is 1.41. The summed E-state index contributed by atoms with van der Waals surface area (Å²) >= 11 is 0. The van der Waals surface area contributed by atoms with Crippen molar-refractivity contribution in [3.8, 4) is 6.08 Å². The molecule has 0 saturated carbocycles. The Morgan fingerprint density at radius 2 is 2.56 bits per heavy atom. The number of hydrogen-bond donors (Lipinski definition) is 1. The number of aliphatic hydroxyl groups excluding tert-OH is 1. The van der Waals surface area contributed by atoms with Gasteiger partial charge >= 0.3 is 6.08 Å². The summed E-state index contributed by atoms with van der Waals surface area (Å²) < 4.78 is 9.01. The van der Waals surface area contributed by atoms with Gasteiger partial charge in [-0.3, -0.25) is 4.52 Å². The molecule has 0 aliphatic carbocycles. The van der Waals surface area contributed by atoms with Crippen LogP contribution in [0.25, 0.3) is 0 Å². The van der Waals surface area contributed by atoms with E-state index in [4.69, 9.17) is 5.11 Å². The molecule has 1 N–H and O–H groups in total. The minimum absolute atomic E-state index is 0.0686. The lowest BCUT2D eigenvalue weighted by Crippen LogP contribution is -1.85. The zero-order valence-electron chi connectivity index (χ0n) is 4.87. The maximum Gasteiger partial charge on any atom is 0.417 e. The highest BCUT2D eigenvalue weighted by Gasteiger charge is 2.01. The van der Waals surface area contributed by atoms with Crippen molar-refractivity contribution in [2.24, 2.45) is 0 Å². The first-order chi connectivity index (χ1) is 4.36. The highest BCUT2D eigenvalue weighted by Crippen LogP contribution is 2.03. The molecule has 1 heterocycles. The first-order valence-electron chi connectivity index (χ1n) is 2.34. The third-order valence-electron chi connectivity index (χ3n) is 0.765. The molecule has 50 valence electrons. The van der Waals surface area contributed by atoms with E-state index in [1.54, 1.807) is 0 Å². The summed E-state index contributed by atoms with van der Waals surface area (Å²) in [6.45, 7) is -0.229. The third kappa shape index (κ3) is 1.17. The van der Waals surface area contributed by atoms with Crippen LogP contribution >= 0.6 is 0 Å². The zero-order chi connectivity index (χ0) is 6.69. The van der Waals surface area contributed by atoms with Crippen molar-refractivity contribution in [3.63, 3.8) is 0 Å². The van der Waals surface area contributed by atoms with Gasteiger partial charge in [0.05, 0.1) is 7.11 Å². The number of methoxy groups -OCH3 is 1. The molecule has 0 fully saturated rings. The van der Waals surface area contributed by atoms with Crippen molar-refractivity contribution in [2.75, 3.05) is 7.11 Å². The Balaban J connectivity index is 2.74. The SMILES string of the molecule is COc1nc(CO)no1. The highest BCUT2D eigenvalue weighted by atomic mass is 16.6. The van der Waals surface area contributed by atoms with Crippen LogP contribution < -0.4 is 4.74 Å². The molecule has 0 aromatic carbocycles. The molecule has 0 radical (unpaired) electrons. The molecule has 5 heteroatoms. The smallest absolute Gasteiger partial charge is 0.417 e. The fourth-order valence-electron chi connectivity index (χ4n) is 0.385. The van der Waals surface area contributed by atoms with Gasteiger partial charge in [0.1, 0.15) is 6.61 Å². The van der Waals surface area contributed by atoms with Crippen molar-refractivity contribution in [1.29, 1.82) is 0 Å². The minimum atomic E-state index is -0.229. The van der Waals surface area contributed by atoms with Crippen molar-refractivity contribution < 1.29 is 14.4 Å². The molecule has 9 heavy (non-hydrogen) atoms. The predicted octanol–water partition coefficient (Wildman–Crippen LogP) is -0.430. The standard InChI is InChI=1S/C4H6N2O3/c1-8-4-5-3(2-7)6-9-4/h7H,2H2,1H3. The lowest BCUT2D eigenvalue weighted by atomic mass is 10.7. The molecule has 0 bridgehead atoms. The molecule has 0 aliphatic heterocycles. The number of nitrogens with zero attached hydrogens (tertiary/aromatic N) is 2. The molecule has 0 saturated heterocycles. The maximum atomic E-state index is 8.41. The van der Waals surface area contributed by atoms with Gasteiger partial charge in [-0.1, -0.05) is 5.16 Å². The monoisotopic (exact) mass is 130 g/mol. The highest BCUT2D eigenvalue weighted by molar-refractivity contribution is 4.87. The molecular formula is C4H6N2O3. The summed E-state index contributed by atoms with van der Waals surface area (Å²) in [5, 5.41) is 11.8. The minimum Gasteiger partial charge on any atom is -0.452 e. The Kier molecular flexibility index (Phi) is 1.64. The first kappa shape index (κ1) is 6.03. The topological polar surface area (TPSA) is 68.4 Å². The van der Waals surface area contributed by atoms with Crippen molar-refractivity contribution in [2.45, 2.75) is 6.61 Å². The molecule has 1 aromatic rings. The van der Waals surface area contributed by atoms with E-state index in [0.29, 0.717) is 0 Å². The number of aliphatic hydroxyl groups is 1. The molecular weight excluding hydrogens is 124 g/mol. The van der Waals surface area contributed by atoms with Gasteiger partial charge in [0.15, 0.2) is 0 Å². The van der Waals surface area contributed by atoms with Gasteiger partial charge in [0.25, 0.3) is 0 Å². The van der Waals surface area contributed by atoms with Gasteiger partial charge in [0, 0.05) is 0 Å². The summed E-state index contributed by atoms with van der Waals surface area (Å²) in [4.78, 5) is 3.60. The number of hydrogen-bond acceptors (Lipinski definition) is 5. The Labute approximate surface area is 51.3 Å². The van der Waals surface area contributed by atoms with Crippen LogP contribution in [0, 0.1) is 0 Å². The van der Waals surface area contributed by atoms with E-state index >= 15 is 0 Å². The largest absolute Gasteiger partial charge is 0.452 e. The van der Waals surface area contributed by atoms with E-state index in [-0.39, 0.29) is 18.5 Å². The van der Waals surface area contributed by atoms with Crippen LogP contribution in [0.15, 0.2) is 4.52 Å². The van der Waals surface area contributed by atoms with Crippen molar-refractivity contribution in [1.82, 2.24) is 10.1 Å². The van der Waals surface area contributed by atoms with Crippen LogP contribution in [0.5, 0.6) is 6.08 Å². The third-order valence-corrected chi connectivity index (χ3v) is 0.765. The fourth-order valence-corrected chi connectivity index (χ4v) is 0.385. The van der Waals surface area contributed by atoms with Gasteiger partial charge in [0.2, 0.25) is 5.82 Å². The molecule has 0 amide bonds. The zero-order valence-corrected chi connectivity index (χ0v) is 4.87. The van der Waals surface area contributed by atoms with Crippen molar-refractivity contribution in [3.05, 3.63) is 5.82 Å². The van der Waals surface area contributed by atoms with Gasteiger partial charge in [-0.05, 0) is 0 Å².